The molecule has 0 unspecified atom stereocenters. The number of carbonyl (C=O) groups excluding carboxylic acids is 2. The summed E-state index contributed by atoms with van der Waals surface area (Å²) in [7, 11) is 0. The monoisotopic (exact) mass is 644 g/mol. The van der Waals surface area contributed by atoms with Crippen LogP contribution in [0.4, 0.5) is 5.69 Å². The molecule has 0 atom stereocenters. The number of nitrogens with zero attached hydrogens (tertiary/aromatic N) is 1. The molecule has 1 aliphatic rings. The molecule has 3 rings (SSSR count). The highest BCUT2D eigenvalue weighted by molar-refractivity contribution is 8.93. The third-order valence-corrected chi connectivity index (χ3v) is 8.39. The van der Waals surface area contributed by atoms with Crippen molar-refractivity contribution in [1.82, 2.24) is 4.90 Å². The van der Waals surface area contributed by atoms with Crippen molar-refractivity contribution < 1.29 is 14.3 Å². The van der Waals surface area contributed by atoms with Crippen molar-refractivity contribution in [2.24, 2.45) is 0 Å². The van der Waals surface area contributed by atoms with Crippen LogP contribution in [0.2, 0.25) is 0 Å². The van der Waals surface area contributed by atoms with Gasteiger partial charge in [-0.05, 0) is 55.5 Å². The smallest absolute Gasteiger partial charge is 0.259 e. The van der Waals surface area contributed by atoms with Crippen LogP contribution in [0, 0.1) is 0 Å². The molecule has 7 heteroatoms. The first-order chi connectivity index (χ1) is 19.5. The summed E-state index contributed by atoms with van der Waals surface area (Å²) >= 11 is 1.80. The number of nitrogens with one attached hydrogen (secondary N) is 1. The number of benzene rings is 2. The predicted molar refractivity (Wildman–Crippen MR) is 179 cm³/mol. The fraction of sp³-hybridized carbons (Fsp3) is 0.529. The van der Waals surface area contributed by atoms with Gasteiger partial charge in [0.1, 0.15) is 5.75 Å². The summed E-state index contributed by atoms with van der Waals surface area (Å²) in [5.41, 5.74) is 3.97. The van der Waals surface area contributed by atoms with Gasteiger partial charge in [0.2, 0.25) is 0 Å². The summed E-state index contributed by atoms with van der Waals surface area (Å²) < 4.78 is 6.11. The minimum absolute atomic E-state index is 0. The Morgan fingerprint density at radius 1 is 0.878 bits per heavy atom. The van der Waals surface area contributed by atoms with Gasteiger partial charge in [-0.15, -0.1) is 28.7 Å². The van der Waals surface area contributed by atoms with Crippen molar-refractivity contribution in [3.05, 3.63) is 70.3 Å². The number of Topliss-reactive ketones (excluding diaryl/α,β-unsaturated/α-hetero) is 1. The third-order valence-electron chi connectivity index (χ3n) is 7.42. The number of amides is 1. The van der Waals surface area contributed by atoms with Crippen LogP contribution in [0.3, 0.4) is 0 Å². The van der Waals surface area contributed by atoms with E-state index in [0.717, 1.165) is 36.5 Å². The number of halogens is 1. The number of hydrogen-bond donors (Lipinski definition) is 1. The van der Waals surface area contributed by atoms with E-state index in [1.54, 1.807) is 30.0 Å². The molecule has 0 aromatic heterocycles. The van der Waals surface area contributed by atoms with Crippen molar-refractivity contribution in [3.8, 4) is 5.75 Å². The van der Waals surface area contributed by atoms with E-state index in [9.17, 15) is 9.59 Å². The van der Waals surface area contributed by atoms with Gasteiger partial charge in [0.15, 0.2) is 5.78 Å². The molecule has 1 aliphatic heterocycles. The van der Waals surface area contributed by atoms with E-state index in [2.05, 4.69) is 35.5 Å². The lowest BCUT2D eigenvalue weighted by atomic mass is 10.0. The first-order valence-electron chi connectivity index (χ1n) is 15.2. The highest BCUT2D eigenvalue weighted by Crippen LogP contribution is 2.28. The first-order valence-corrected chi connectivity index (χ1v) is 16.2. The van der Waals surface area contributed by atoms with E-state index in [-0.39, 0.29) is 28.7 Å². The van der Waals surface area contributed by atoms with Gasteiger partial charge in [-0.2, -0.15) is 0 Å². The van der Waals surface area contributed by atoms with Crippen LogP contribution in [0.15, 0.2) is 53.6 Å². The second kappa shape index (κ2) is 19.8. The molecular formula is C34H49BrN2O3S. The van der Waals surface area contributed by atoms with Gasteiger partial charge in [-0.3, -0.25) is 9.59 Å². The number of ether oxygens (including phenoxy) is 1. The Hall–Kier alpha value is -2.25. The van der Waals surface area contributed by atoms with Crippen molar-refractivity contribution in [2.75, 3.05) is 17.8 Å². The molecule has 0 saturated carbocycles. The topological polar surface area (TPSA) is 58.6 Å². The maximum Gasteiger partial charge on any atom is 0.259 e. The fourth-order valence-electron chi connectivity index (χ4n) is 5.03. The predicted octanol–water partition coefficient (Wildman–Crippen LogP) is 10.2. The van der Waals surface area contributed by atoms with Gasteiger partial charge in [0, 0.05) is 17.9 Å². The molecule has 0 spiro atoms. The zero-order valence-corrected chi connectivity index (χ0v) is 27.7. The molecule has 1 N–H and O–H groups in total. The number of para-hydroxylation sites is 1. The summed E-state index contributed by atoms with van der Waals surface area (Å²) in [5, 5.41) is 5.19. The zero-order chi connectivity index (χ0) is 28.6. The Kier molecular flexibility index (Phi) is 16.9. The Morgan fingerprint density at radius 3 is 2.10 bits per heavy atom. The molecule has 2 aromatic rings. The van der Waals surface area contributed by atoms with Gasteiger partial charge in [-0.25, -0.2) is 0 Å². The lowest BCUT2D eigenvalue weighted by molar-refractivity contribution is 0.101. The van der Waals surface area contributed by atoms with Gasteiger partial charge < -0.3 is 15.0 Å². The minimum atomic E-state index is -0.266. The van der Waals surface area contributed by atoms with Crippen molar-refractivity contribution >= 4 is 46.1 Å². The fourth-order valence-corrected chi connectivity index (χ4v) is 5.97. The standard InChI is InChI=1S/C34H48N2O3S.BrH/c1-4-5-6-7-8-9-10-11-12-13-14-15-22-39-33-31(28(3)37)20-17-21-32(33)34(38)35-30-19-16-18-29(23-30)24-36-26-40-25-27(36)2;/h16-21,23,25H,4-15,22,24,26H2,1-3H3,(H,35,38);1H. The van der Waals surface area contributed by atoms with Crippen LogP contribution >= 0.6 is 28.7 Å². The average Bonchev–Trinajstić information content (AvgIpc) is 3.35. The van der Waals surface area contributed by atoms with E-state index < -0.39 is 0 Å². The summed E-state index contributed by atoms with van der Waals surface area (Å²) in [6, 6.07) is 13.2. The van der Waals surface area contributed by atoms with Crippen LogP contribution in [-0.2, 0) is 6.54 Å². The molecule has 2 aromatic carbocycles. The number of thioether (sulfide) groups is 1. The van der Waals surface area contributed by atoms with Gasteiger partial charge in [-0.1, -0.05) is 95.8 Å². The second-order valence-electron chi connectivity index (χ2n) is 10.9. The van der Waals surface area contributed by atoms with E-state index in [1.165, 1.54) is 76.8 Å². The van der Waals surface area contributed by atoms with Gasteiger partial charge >= 0.3 is 0 Å². The maximum absolute atomic E-state index is 13.3. The Labute approximate surface area is 262 Å². The quantitative estimate of drug-likeness (QED) is 0.122. The molecule has 0 saturated heterocycles. The molecule has 226 valence electrons. The van der Waals surface area contributed by atoms with Crippen molar-refractivity contribution in [2.45, 2.75) is 104 Å². The normalized spacial score (nSPS) is 12.6. The van der Waals surface area contributed by atoms with Crippen LogP contribution in [0.25, 0.3) is 0 Å². The Balaban J connectivity index is 0.00000588. The maximum atomic E-state index is 13.3. The minimum Gasteiger partial charge on any atom is -0.492 e. The second-order valence-corrected chi connectivity index (χ2v) is 11.7. The van der Waals surface area contributed by atoms with Crippen molar-refractivity contribution in [3.63, 3.8) is 0 Å². The van der Waals surface area contributed by atoms with E-state index >= 15 is 0 Å². The summed E-state index contributed by atoms with van der Waals surface area (Å²) in [4.78, 5) is 28.0. The van der Waals surface area contributed by atoms with E-state index in [0.29, 0.717) is 23.5 Å². The molecule has 0 aliphatic carbocycles. The van der Waals surface area contributed by atoms with Crippen LogP contribution in [0.1, 0.15) is 124 Å². The molecule has 41 heavy (non-hydrogen) atoms. The summed E-state index contributed by atoms with van der Waals surface area (Å²) in [5.74, 6) is 0.966. The van der Waals surface area contributed by atoms with Crippen LogP contribution < -0.4 is 10.1 Å². The molecule has 5 nitrogen and oxygen atoms in total. The zero-order valence-electron chi connectivity index (χ0n) is 25.2. The number of anilines is 1. The number of ketones is 1. The number of hydrogen-bond acceptors (Lipinski definition) is 5. The molecule has 1 heterocycles. The number of allylic oxidation sites excluding steroid dienone is 1. The van der Waals surface area contributed by atoms with Crippen LogP contribution in [0.5, 0.6) is 5.75 Å². The molecule has 0 radical (unpaired) electrons. The average molecular weight is 646 g/mol. The molecule has 1 amide bonds. The van der Waals surface area contributed by atoms with Gasteiger partial charge in [0.25, 0.3) is 5.91 Å². The summed E-state index contributed by atoms with van der Waals surface area (Å²) in [6.07, 6.45) is 15.3. The first kappa shape index (κ1) is 34.9. The highest BCUT2D eigenvalue weighted by atomic mass is 79.9. The van der Waals surface area contributed by atoms with E-state index in [4.69, 9.17) is 4.74 Å². The number of unbranched alkanes of at least 4 members (excludes halogenated alkanes) is 11. The third kappa shape index (κ3) is 12.3. The number of carbonyl (C=O) groups is 2. The Bertz CT molecular complexity index is 1120. The highest BCUT2D eigenvalue weighted by Gasteiger charge is 2.19. The van der Waals surface area contributed by atoms with Crippen molar-refractivity contribution in [1.29, 1.82) is 0 Å². The summed E-state index contributed by atoms with van der Waals surface area (Å²) in [6.45, 7) is 7.19. The van der Waals surface area contributed by atoms with E-state index in [1.807, 2.05) is 18.2 Å². The van der Waals surface area contributed by atoms with Crippen LogP contribution in [-0.4, -0.2) is 29.1 Å². The SMILES string of the molecule is Br.CCCCCCCCCCCCCCOc1c(C(C)=O)cccc1C(=O)Nc1cccc(CN2CSC=C2C)c1. The lowest BCUT2D eigenvalue weighted by Gasteiger charge is -2.19. The molecular weight excluding hydrogens is 596 g/mol. The molecule has 0 fully saturated rings. The van der Waals surface area contributed by atoms with Gasteiger partial charge in [0.05, 0.1) is 23.6 Å². The molecule has 0 bridgehead atoms. The number of rotatable bonds is 19. The largest absolute Gasteiger partial charge is 0.492 e. The lowest BCUT2D eigenvalue weighted by Crippen LogP contribution is -2.18. The Morgan fingerprint density at radius 2 is 1.49 bits per heavy atom.